The van der Waals surface area contributed by atoms with Gasteiger partial charge in [-0.2, -0.15) is 0 Å². The van der Waals surface area contributed by atoms with Crippen LogP contribution in [0.4, 0.5) is 4.79 Å². The van der Waals surface area contributed by atoms with E-state index in [0.717, 1.165) is 25.9 Å². The van der Waals surface area contributed by atoms with Gasteiger partial charge in [-0.15, -0.1) is 0 Å². The molecular formula is C9H16N2O2. The van der Waals surface area contributed by atoms with Crippen molar-refractivity contribution in [3.05, 3.63) is 0 Å². The predicted octanol–water partition coefficient (Wildman–Crippen LogP) is 0.485. The Labute approximate surface area is 78.0 Å². The summed E-state index contributed by atoms with van der Waals surface area (Å²) in [4.78, 5) is 11.0. The highest BCUT2D eigenvalue weighted by molar-refractivity contribution is 5.70. The average Bonchev–Trinajstić information content (AvgIpc) is 2.49. The maximum absolute atomic E-state index is 11.0. The number of carbonyl (C=O) groups excluding carboxylic acids is 1. The number of amides is 1. The van der Waals surface area contributed by atoms with Crippen molar-refractivity contribution in [3.63, 3.8) is 0 Å². The molecule has 1 amide bonds. The van der Waals surface area contributed by atoms with E-state index in [1.165, 1.54) is 0 Å². The van der Waals surface area contributed by atoms with E-state index in [2.05, 4.69) is 17.6 Å². The molecule has 2 saturated heterocycles. The van der Waals surface area contributed by atoms with Crippen LogP contribution in [-0.2, 0) is 4.74 Å². The van der Waals surface area contributed by atoms with E-state index in [0.29, 0.717) is 12.5 Å². The quantitative estimate of drug-likeness (QED) is 0.623. The first-order valence-electron chi connectivity index (χ1n) is 4.94. The van der Waals surface area contributed by atoms with E-state index in [9.17, 15) is 4.79 Å². The number of carbonyl (C=O) groups is 1. The zero-order valence-corrected chi connectivity index (χ0v) is 7.93. The average molecular weight is 184 g/mol. The van der Waals surface area contributed by atoms with Gasteiger partial charge in [0.25, 0.3) is 0 Å². The zero-order chi connectivity index (χ0) is 9.31. The van der Waals surface area contributed by atoms with Crippen molar-refractivity contribution in [1.29, 1.82) is 0 Å². The van der Waals surface area contributed by atoms with E-state index in [-0.39, 0.29) is 11.7 Å². The Kier molecular flexibility index (Phi) is 2.15. The number of nitrogens with one attached hydrogen (secondary N) is 2. The third kappa shape index (κ3) is 1.39. The Morgan fingerprint density at radius 2 is 2.54 bits per heavy atom. The fourth-order valence-corrected chi connectivity index (χ4v) is 2.33. The molecule has 0 aromatic heterocycles. The van der Waals surface area contributed by atoms with Gasteiger partial charge in [-0.1, -0.05) is 6.92 Å². The molecule has 0 saturated carbocycles. The predicted molar refractivity (Wildman–Crippen MR) is 48.5 cm³/mol. The summed E-state index contributed by atoms with van der Waals surface area (Å²) in [7, 11) is 0. The minimum absolute atomic E-state index is 0.211. The van der Waals surface area contributed by atoms with Gasteiger partial charge in [-0.25, -0.2) is 4.79 Å². The highest BCUT2D eigenvalue weighted by Gasteiger charge is 2.47. The molecule has 74 valence electrons. The summed E-state index contributed by atoms with van der Waals surface area (Å²) in [5.74, 6) is 0.459. The number of alkyl carbamates (subject to hydrolysis) is 1. The van der Waals surface area contributed by atoms with Crippen molar-refractivity contribution in [1.82, 2.24) is 10.6 Å². The Morgan fingerprint density at radius 1 is 1.69 bits per heavy atom. The van der Waals surface area contributed by atoms with Crippen LogP contribution in [0, 0.1) is 5.92 Å². The maximum atomic E-state index is 11.0. The minimum atomic E-state index is -0.250. The highest BCUT2D eigenvalue weighted by atomic mass is 16.6. The van der Waals surface area contributed by atoms with E-state index < -0.39 is 0 Å². The van der Waals surface area contributed by atoms with Crippen LogP contribution in [0.25, 0.3) is 0 Å². The minimum Gasteiger partial charge on any atom is -0.441 e. The molecular weight excluding hydrogens is 168 g/mol. The monoisotopic (exact) mass is 184 g/mol. The molecule has 2 N–H and O–H groups in total. The number of rotatable bonds is 1. The number of hydrogen-bond acceptors (Lipinski definition) is 3. The summed E-state index contributed by atoms with van der Waals surface area (Å²) in [6, 6.07) is 0. The summed E-state index contributed by atoms with van der Waals surface area (Å²) >= 11 is 0. The summed E-state index contributed by atoms with van der Waals surface area (Å²) in [5.41, 5.74) is -0.211. The first kappa shape index (κ1) is 8.81. The van der Waals surface area contributed by atoms with Gasteiger partial charge in [0.2, 0.25) is 0 Å². The van der Waals surface area contributed by atoms with Crippen LogP contribution in [0.15, 0.2) is 0 Å². The summed E-state index contributed by atoms with van der Waals surface area (Å²) in [6.07, 6.45) is 1.74. The van der Waals surface area contributed by atoms with Gasteiger partial charge in [0, 0.05) is 18.9 Å². The largest absolute Gasteiger partial charge is 0.441 e. The standard InChI is InChI=1S/C9H16N2O2/c1-2-7-5-10-4-3-9(7)6-11-8(12)13-9/h7,10H,2-6H2,1H3,(H,11,12). The lowest BCUT2D eigenvalue weighted by Crippen LogP contribution is -2.52. The van der Waals surface area contributed by atoms with Crippen LogP contribution >= 0.6 is 0 Å². The topological polar surface area (TPSA) is 50.4 Å². The third-order valence-corrected chi connectivity index (χ3v) is 3.18. The first-order valence-corrected chi connectivity index (χ1v) is 4.94. The third-order valence-electron chi connectivity index (χ3n) is 3.18. The fraction of sp³-hybridized carbons (Fsp3) is 0.889. The second-order valence-electron chi connectivity index (χ2n) is 3.87. The van der Waals surface area contributed by atoms with E-state index in [1.54, 1.807) is 0 Å². The zero-order valence-electron chi connectivity index (χ0n) is 7.93. The summed E-state index contributed by atoms with van der Waals surface area (Å²) < 4.78 is 5.40. The molecule has 0 bridgehead atoms. The van der Waals surface area contributed by atoms with Crippen LogP contribution in [-0.4, -0.2) is 31.3 Å². The van der Waals surface area contributed by atoms with Gasteiger partial charge >= 0.3 is 6.09 Å². The molecule has 0 aromatic carbocycles. The molecule has 2 atom stereocenters. The van der Waals surface area contributed by atoms with E-state index >= 15 is 0 Å². The molecule has 2 heterocycles. The highest BCUT2D eigenvalue weighted by Crippen LogP contribution is 2.33. The van der Waals surface area contributed by atoms with E-state index in [1.807, 2.05) is 0 Å². The van der Waals surface area contributed by atoms with Gasteiger partial charge < -0.3 is 15.4 Å². The molecule has 2 rings (SSSR count). The van der Waals surface area contributed by atoms with Crippen molar-refractivity contribution in [2.75, 3.05) is 19.6 Å². The molecule has 2 unspecified atom stereocenters. The van der Waals surface area contributed by atoms with Crippen molar-refractivity contribution >= 4 is 6.09 Å². The Hall–Kier alpha value is -0.770. The smallest absolute Gasteiger partial charge is 0.407 e. The number of hydrogen-bond donors (Lipinski definition) is 2. The molecule has 2 aliphatic heterocycles. The molecule has 2 fully saturated rings. The second kappa shape index (κ2) is 3.18. The number of ether oxygens (including phenoxy) is 1. The molecule has 1 spiro atoms. The summed E-state index contributed by atoms with van der Waals surface area (Å²) in [5, 5.41) is 6.09. The molecule has 4 heteroatoms. The van der Waals surface area contributed by atoms with Crippen LogP contribution in [0.1, 0.15) is 19.8 Å². The number of piperidine rings is 1. The van der Waals surface area contributed by atoms with E-state index in [4.69, 9.17) is 4.74 Å². The second-order valence-corrected chi connectivity index (χ2v) is 3.87. The lowest BCUT2D eigenvalue weighted by Gasteiger charge is -2.38. The molecule has 0 aliphatic carbocycles. The van der Waals surface area contributed by atoms with Crippen molar-refractivity contribution in [2.24, 2.45) is 5.92 Å². The van der Waals surface area contributed by atoms with Crippen LogP contribution < -0.4 is 10.6 Å². The molecule has 13 heavy (non-hydrogen) atoms. The Bertz CT molecular complexity index is 220. The maximum Gasteiger partial charge on any atom is 0.407 e. The van der Waals surface area contributed by atoms with Gasteiger partial charge in [-0.05, 0) is 13.0 Å². The van der Waals surface area contributed by atoms with Gasteiger partial charge in [0.05, 0.1) is 6.54 Å². The van der Waals surface area contributed by atoms with Gasteiger partial charge in [0.1, 0.15) is 5.60 Å². The van der Waals surface area contributed by atoms with Crippen molar-refractivity contribution in [2.45, 2.75) is 25.4 Å². The van der Waals surface area contributed by atoms with Gasteiger partial charge in [0.15, 0.2) is 0 Å². The van der Waals surface area contributed by atoms with Crippen LogP contribution in [0.2, 0.25) is 0 Å². The lowest BCUT2D eigenvalue weighted by atomic mass is 9.80. The van der Waals surface area contributed by atoms with Crippen molar-refractivity contribution in [3.8, 4) is 0 Å². The molecule has 4 nitrogen and oxygen atoms in total. The Balaban J connectivity index is 2.13. The molecule has 0 aromatic rings. The fourth-order valence-electron chi connectivity index (χ4n) is 2.33. The Morgan fingerprint density at radius 3 is 3.15 bits per heavy atom. The van der Waals surface area contributed by atoms with Gasteiger partial charge in [-0.3, -0.25) is 0 Å². The van der Waals surface area contributed by atoms with Crippen LogP contribution in [0.3, 0.4) is 0 Å². The summed E-state index contributed by atoms with van der Waals surface area (Å²) in [6.45, 7) is 4.74. The SMILES string of the molecule is CCC1CNCCC12CNC(=O)O2. The van der Waals surface area contributed by atoms with Crippen LogP contribution in [0.5, 0.6) is 0 Å². The van der Waals surface area contributed by atoms with Crippen molar-refractivity contribution < 1.29 is 9.53 Å². The molecule has 2 aliphatic rings. The lowest BCUT2D eigenvalue weighted by molar-refractivity contribution is -0.0163. The molecule has 0 radical (unpaired) electrons. The first-order chi connectivity index (χ1) is 6.27. The normalized spacial score (nSPS) is 38.8.